The van der Waals surface area contributed by atoms with E-state index in [2.05, 4.69) is 42.7 Å². The molecular formula is C19H30N2O2. The molecule has 0 atom stereocenters. The quantitative estimate of drug-likeness (QED) is 0.833. The maximum atomic E-state index is 5.55. The van der Waals surface area contributed by atoms with Crippen LogP contribution in [0.4, 0.5) is 0 Å². The first-order valence-corrected chi connectivity index (χ1v) is 8.80. The predicted molar refractivity (Wildman–Crippen MR) is 93.3 cm³/mol. The number of morpholine rings is 1. The molecule has 2 fully saturated rings. The summed E-state index contributed by atoms with van der Waals surface area (Å²) in [5, 5.41) is 0. The third-order valence-electron chi connectivity index (χ3n) is 5.20. The molecule has 4 nitrogen and oxygen atoms in total. The van der Waals surface area contributed by atoms with Gasteiger partial charge in [0.05, 0.1) is 20.3 Å². The second-order valence-electron chi connectivity index (χ2n) is 7.17. The molecule has 2 aliphatic rings. The molecular weight excluding hydrogens is 288 g/mol. The lowest BCUT2D eigenvalue weighted by Crippen LogP contribution is -2.60. The van der Waals surface area contributed by atoms with Gasteiger partial charge in [0.1, 0.15) is 5.75 Å². The van der Waals surface area contributed by atoms with Crippen LogP contribution in [0, 0.1) is 6.92 Å². The minimum Gasteiger partial charge on any atom is -0.496 e. The summed E-state index contributed by atoms with van der Waals surface area (Å²) < 4.78 is 11.0. The van der Waals surface area contributed by atoms with Crippen LogP contribution in [0.1, 0.15) is 36.5 Å². The van der Waals surface area contributed by atoms with Crippen LogP contribution in [0.3, 0.4) is 0 Å². The van der Waals surface area contributed by atoms with Gasteiger partial charge in [-0.2, -0.15) is 0 Å². The molecule has 0 N–H and O–H groups in total. The van der Waals surface area contributed by atoms with Crippen LogP contribution in [0.25, 0.3) is 0 Å². The number of benzene rings is 1. The average molecular weight is 318 g/mol. The van der Waals surface area contributed by atoms with Crippen LogP contribution >= 0.6 is 0 Å². The fourth-order valence-electron chi connectivity index (χ4n) is 3.63. The first kappa shape index (κ1) is 16.7. The maximum Gasteiger partial charge on any atom is 0.122 e. The molecule has 0 bridgehead atoms. The van der Waals surface area contributed by atoms with Crippen LogP contribution in [0.15, 0.2) is 12.1 Å². The topological polar surface area (TPSA) is 24.9 Å². The molecule has 0 saturated carbocycles. The molecule has 2 heterocycles. The van der Waals surface area contributed by atoms with E-state index in [4.69, 9.17) is 9.47 Å². The highest BCUT2D eigenvalue weighted by Gasteiger charge is 2.32. The molecule has 0 spiro atoms. The van der Waals surface area contributed by atoms with Crippen LogP contribution < -0.4 is 4.74 Å². The maximum absolute atomic E-state index is 5.55. The zero-order chi connectivity index (χ0) is 16.4. The molecule has 1 aromatic carbocycles. The lowest BCUT2D eigenvalue weighted by Gasteiger charge is -2.46. The van der Waals surface area contributed by atoms with Crippen molar-refractivity contribution in [2.45, 2.75) is 39.3 Å². The molecule has 0 aliphatic carbocycles. The average Bonchev–Trinajstić information content (AvgIpc) is 2.51. The van der Waals surface area contributed by atoms with Crippen LogP contribution in [-0.4, -0.2) is 62.3 Å². The normalized spacial score (nSPS) is 20.7. The molecule has 23 heavy (non-hydrogen) atoms. The number of rotatable bonds is 5. The van der Waals surface area contributed by atoms with Gasteiger partial charge in [-0.25, -0.2) is 0 Å². The lowest BCUT2D eigenvalue weighted by atomic mass is 9.95. The monoisotopic (exact) mass is 318 g/mol. The van der Waals surface area contributed by atoms with E-state index < -0.39 is 0 Å². The Balaban J connectivity index is 1.61. The Hall–Kier alpha value is -1.10. The van der Waals surface area contributed by atoms with Gasteiger partial charge in [-0.3, -0.25) is 9.80 Å². The van der Waals surface area contributed by atoms with Crippen molar-refractivity contribution in [3.05, 3.63) is 28.8 Å². The number of hydrogen-bond acceptors (Lipinski definition) is 4. The SMILES string of the molecule is COc1cc(C)c(CN2CC(N3CCOCC3)C2)cc1C(C)C. The highest BCUT2D eigenvalue weighted by atomic mass is 16.5. The minimum absolute atomic E-state index is 0.488. The van der Waals surface area contributed by atoms with E-state index in [9.17, 15) is 0 Å². The van der Waals surface area contributed by atoms with E-state index in [1.165, 1.54) is 29.8 Å². The second kappa shape index (κ2) is 7.20. The van der Waals surface area contributed by atoms with E-state index >= 15 is 0 Å². The molecule has 3 rings (SSSR count). The standard InChI is InChI=1S/C19H30N2O2/c1-14(2)18-10-16(15(3)9-19(18)22-4)11-20-12-17(13-20)21-5-7-23-8-6-21/h9-10,14,17H,5-8,11-13H2,1-4H3. The van der Waals surface area contributed by atoms with Crippen molar-refractivity contribution in [2.24, 2.45) is 0 Å². The summed E-state index contributed by atoms with van der Waals surface area (Å²) in [5.41, 5.74) is 4.09. The first-order valence-electron chi connectivity index (χ1n) is 8.80. The summed E-state index contributed by atoms with van der Waals surface area (Å²) in [7, 11) is 1.77. The van der Waals surface area contributed by atoms with Gasteiger partial charge in [-0.15, -0.1) is 0 Å². The Bertz CT molecular complexity index is 532. The number of nitrogens with zero attached hydrogens (tertiary/aromatic N) is 2. The predicted octanol–water partition coefficient (Wildman–Crippen LogP) is 2.64. The number of methoxy groups -OCH3 is 1. The smallest absolute Gasteiger partial charge is 0.122 e. The van der Waals surface area contributed by atoms with Gasteiger partial charge in [0.15, 0.2) is 0 Å². The van der Waals surface area contributed by atoms with E-state index in [0.29, 0.717) is 5.92 Å². The molecule has 2 saturated heterocycles. The number of likely N-dealkylation sites (tertiary alicyclic amines) is 1. The van der Waals surface area contributed by atoms with Crippen molar-refractivity contribution in [2.75, 3.05) is 46.5 Å². The van der Waals surface area contributed by atoms with Gasteiger partial charge in [0.25, 0.3) is 0 Å². The third kappa shape index (κ3) is 3.70. The summed E-state index contributed by atoms with van der Waals surface area (Å²) in [6, 6.07) is 5.27. The number of aryl methyl sites for hydroxylation is 1. The van der Waals surface area contributed by atoms with Crippen molar-refractivity contribution in [3.8, 4) is 5.75 Å². The zero-order valence-corrected chi connectivity index (χ0v) is 15.0. The van der Waals surface area contributed by atoms with E-state index in [1.54, 1.807) is 7.11 Å². The molecule has 0 radical (unpaired) electrons. The Kier molecular flexibility index (Phi) is 5.24. The fraction of sp³-hybridized carbons (Fsp3) is 0.684. The summed E-state index contributed by atoms with van der Waals surface area (Å²) >= 11 is 0. The molecule has 0 unspecified atom stereocenters. The zero-order valence-electron chi connectivity index (χ0n) is 15.0. The third-order valence-corrected chi connectivity index (χ3v) is 5.20. The van der Waals surface area contributed by atoms with Gasteiger partial charge < -0.3 is 9.47 Å². The highest BCUT2D eigenvalue weighted by Crippen LogP contribution is 2.31. The molecule has 2 aliphatic heterocycles. The van der Waals surface area contributed by atoms with Gasteiger partial charge >= 0.3 is 0 Å². The fourth-order valence-corrected chi connectivity index (χ4v) is 3.63. The van der Waals surface area contributed by atoms with Crippen LogP contribution in [-0.2, 0) is 11.3 Å². The van der Waals surface area contributed by atoms with E-state index in [-0.39, 0.29) is 0 Å². The Morgan fingerprint density at radius 3 is 2.52 bits per heavy atom. The second-order valence-corrected chi connectivity index (χ2v) is 7.17. The Labute approximate surface area is 140 Å². The summed E-state index contributed by atoms with van der Waals surface area (Å²) in [6.45, 7) is 14.1. The van der Waals surface area contributed by atoms with E-state index in [0.717, 1.165) is 44.6 Å². The van der Waals surface area contributed by atoms with Crippen LogP contribution in [0.2, 0.25) is 0 Å². The van der Waals surface area contributed by atoms with E-state index in [1.807, 2.05) is 0 Å². The van der Waals surface area contributed by atoms with Crippen molar-refractivity contribution in [3.63, 3.8) is 0 Å². The van der Waals surface area contributed by atoms with Crippen molar-refractivity contribution in [1.82, 2.24) is 9.80 Å². The summed E-state index contributed by atoms with van der Waals surface area (Å²) in [4.78, 5) is 5.14. The summed E-state index contributed by atoms with van der Waals surface area (Å²) in [5.74, 6) is 1.51. The lowest BCUT2D eigenvalue weighted by molar-refractivity contribution is -0.0344. The summed E-state index contributed by atoms with van der Waals surface area (Å²) in [6.07, 6.45) is 0. The Morgan fingerprint density at radius 2 is 1.91 bits per heavy atom. The van der Waals surface area contributed by atoms with Crippen molar-refractivity contribution in [1.29, 1.82) is 0 Å². The molecule has 4 heteroatoms. The molecule has 0 aromatic heterocycles. The largest absolute Gasteiger partial charge is 0.496 e. The van der Waals surface area contributed by atoms with Crippen molar-refractivity contribution < 1.29 is 9.47 Å². The first-order chi connectivity index (χ1) is 11.1. The van der Waals surface area contributed by atoms with Crippen LogP contribution in [0.5, 0.6) is 5.75 Å². The van der Waals surface area contributed by atoms with Gasteiger partial charge in [-0.05, 0) is 35.6 Å². The molecule has 128 valence electrons. The number of hydrogen-bond donors (Lipinski definition) is 0. The van der Waals surface area contributed by atoms with Crippen molar-refractivity contribution >= 4 is 0 Å². The van der Waals surface area contributed by atoms with Gasteiger partial charge in [-0.1, -0.05) is 19.9 Å². The highest BCUT2D eigenvalue weighted by molar-refractivity contribution is 5.44. The molecule has 0 amide bonds. The molecule has 1 aromatic rings. The number of ether oxygens (including phenoxy) is 2. The van der Waals surface area contributed by atoms with Gasteiger partial charge in [0, 0.05) is 38.8 Å². The Morgan fingerprint density at radius 1 is 1.22 bits per heavy atom. The van der Waals surface area contributed by atoms with Gasteiger partial charge in [0.2, 0.25) is 0 Å². The minimum atomic E-state index is 0.488.